The monoisotopic (exact) mass is 162 g/mol. The number of halogens is 4. The Bertz CT molecular complexity index is 108. The number of nitrogens with two attached hydrogens (primary N) is 1. The van der Waals surface area contributed by atoms with Gasteiger partial charge in [0.15, 0.2) is 0 Å². The third kappa shape index (κ3) is 4.08. The highest BCUT2D eigenvalue weighted by molar-refractivity contribution is 5.85. The number of amidine groups is 1. The molecule has 0 aromatic carbocycles. The van der Waals surface area contributed by atoms with Crippen LogP contribution in [0.3, 0.4) is 0 Å². The van der Waals surface area contributed by atoms with Crippen molar-refractivity contribution in [1.82, 2.24) is 0 Å². The van der Waals surface area contributed by atoms with Crippen LogP contribution in [-0.2, 0) is 0 Å². The van der Waals surface area contributed by atoms with Crippen LogP contribution in [-0.4, -0.2) is 19.1 Å². The molecule has 0 unspecified atom stereocenters. The van der Waals surface area contributed by atoms with Crippen molar-refractivity contribution in [2.24, 2.45) is 10.7 Å². The van der Waals surface area contributed by atoms with Crippen molar-refractivity contribution in [3.63, 3.8) is 0 Å². The minimum atomic E-state index is -4.46. The molecule has 9 heavy (non-hydrogen) atoms. The fraction of sp³-hybridized carbons (Fsp3) is 0.667. The lowest BCUT2D eigenvalue weighted by Gasteiger charge is -2.01. The van der Waals surface area contributed by atoms with E-state index < -0.39 is 12.0 Å². The molecule has 0 aromatic heterocycles. The maximum atomic E-state index is 11.2. The van der Waals surface area contributed by atoms with E-state index in [1.54, 1.807) is 0 Å². The van der Waals surface area contributed by atoms with Crippen LogP contribution in [0.5, 0.6) is 0 Å². The lowest BCUT2D eigenvalue weighted by molar-refractivity contribution is -0.0599. The molecule has 0 amide bonds. The molecule has 0 heterocycles. The molecule has 0 aromatic rings. The molecule has 0 bridgehead atoms. The summed E-state index contributed by atoms with van der Waals surface area (Å²) in [7, 11) is 0.989. The summed E-state index contributed by atoms with van der Waals surface area (Å²) in [4.78, 5) is 2.73. The van der Waals surface area contributed by atoms with E-state index >= 15 is 0 Å². The highest BCUT2D eigenvalue weighted by Crippen LogP contribution is 2.13. The highest BCUT2D eigenvalue weighted by Gasteiger charge is 2.32. The molecule has 56 valence electrons. The van der Waals surface area contributed by atoms with Gasteiger partial charge < -0.3 is 5.73 Å². The third-order valence-corrected chi connectivity index (χ3v) is 0.531. The fourth-order valence-electron chi connectivity index (χ4n) is 0.127. The minimum absolute atomic E-state index is 0. The van der Waals surface area contributed by atoms with Crippen molar-refractivity contribution < 1.29 is 13.2 Å². The summed E-state index contributed by atoms with van der Waals surface area (Å²) in [5.74, 6) is -1.29. The standard InChI is InChI=1S/C3H5F3N2.ClH/c1-8-2(7)3(4,5)6;/h1H3,(H2,7,8);1H. The van der Waals surface area contributed by atoms with Crippen LogP contribution in [0, 0.1) is 0 Å². The van der Waals surface area contributed by atoms with E-state index in [0.717, 1.165) is 7.05 Å². The molecule has 2 nitrogen and oxygen atoms in total. The Morgan fingerprint density at radius 2 is 1.78 bits per heavy atom. The van der Waals surface area contributed by atoms with Gasteiger partial charge in [0.1, 0.15) is 0 Å². The average molecular weight is 163 g/mol. The van der Waals surface area contributed by atoms with Crippen LogP contribution in [0.15, 0.2) is 4.99 Å². The third-order valence-electron chi connectivity index (χ3n) is 0.531. The number of aliphatic imine (C=N–C) groups is 1. The number of alkyl halides is 3. The second-order valence-electron chi connectivity index (χ2n) is 1.11. The molecule has 0 aliphatic rings. The summed E-state index contributed by atoms with van der Waals surface area (Å²) in [6.07, 6.45) is -4.46. The lowest BCUT2D eigenvalue weighted by Crippen LogP contribution is -2.30. The van der Waals surface area contributed by atoms with Gasteiger partial charge in [-0.2, -0.15) is 13.2 Å². The van der Waals surface area contributed by atoms with Crippen molar-refractivity contribution in [2.45, 2.75) is 6.18 Å². The SMILES string of the molecule is CN=C(N)C(F)(F)F.Cl. The number of rotatable bonds is 0. The predicted molar refractivity (Wildman–Crippen MR) is 30.8 cm³/mol. The number of hydrogen-bond donors (Lipinski definition) is 1. The van der Waals surface area contributed by atoms with Crippen LogP contribution in [0.25, 0.3) is 0 Å². The fourth-order valence-corrected chi connectivity index (χ4v) is 0.127. The van der Waals surface area contributed by atoms with Crippen LogP contribution in [0.1, 0.15) is 0 Å². The molecule has 0 radical (unpaired) electrons. The van der Waals surface area contributed by atoms with E-state index in [4.69, 9.17) is 0 Å². The van der Waals surface area contributed by atoms with Gasteiger partial charge in [0.25, 0.3) is 0 Å². The molecule has 0 spiro atoms. The van der Waals surface area contributed by atoms with Gasteiger partial charge in [-0.15, -0.1) is 12.4 Å². The predicted octanol–water partition coefficient (Wildman–Crippen LogP) is 0.957. The Morgan fingerprint density at radius 1 is 1.44 bits per heavy atom. The first-order valence-electron chi connectivity index (χ1n) is 1.78. The zero-order valence-electron chi connectivity index (χ0n) is 4.57. The lowest BCUT2D eigenvalue weighted by atomic mass is 10.6. The number of hydrogen-bond acceptors (Lipinski definition) is 1. The van der Waals surface area contributed by atoms with Crippen molar-refractivity contribution in [2.75, 3.05) is 7.05 Å². The molecule has 0 fully saturated rings. The summed E-state index contributed by atoms with van der Waals surface area (Å²) in [5, 5.41) is 0. The molecule has 0 saturated carbocycles. The van der Waals surface area contributed by atoms with Gasteiger partial charge >= 0.3 is 6.18 Å². The van der Waals surface area contributed by atoms with Gasteiger partial charge in [-0.1, -0.05) is 0 Å². The van der Waals surface area contributed by atoms with Crippen LogP contribution < -0.4 is 5.73 Å². The first kappa shape index (κ1) is 11.4. The van der Waals surface area contributed by atoms with E-state index in [-0.39, 0.29) is 12.4 Å². The molecule has 0 saturated heterocycles. The molecule has 6 heteroatoms. The summed E-state index contributed by atoms with van der Waals surface area (Å²) in [6, 6.07) is 0. The van der Waals surface area contributed by atoms with Crippen LogP contribution in [0.4, 0.5) is 13.2 Å². The molecular formula is C3H6ClF3N2. The van der Waals surface area contributed by atoms with E-state index in [9.17, 15) is 13.2 Å². The zero-order valence-corrected chi connectivity index (χ0v) is 5.38. The maximum Gasteiger partial charge on any atom is 0.448 e. The van der Waals surface area contributed by atoms with Gasteiger partial charge in [0, 0.05) is 7.05 Å². The largest absolute Gasteiger partial charge is 0.448 e. The smallest absolute Gasteiger partial charge is 0.380 e. The van der Waals surface area contributed by atoms with Gasteiger partial charge in [0.2, 0.25) is 5.84 Å². The second kappa shape index (κ2) is 3.55. The molecule has 0 aliphatic carbocycles. The van der Waals surface area contributed by atoms with Gasteiger partial charge in [-0.05, 0) is 0 Å². The van der Waals surface area contributed by atoms with Gasteiger partial charge in [-0.3, -0.25) is 4.99 Å². The van der Waals surface area contributed by atoms with Crippen LogP contribution >= 0.6 is 12.4 Å². The van der Waals surface area contributed by atoms with Crippen molar-refractivity contribution in [1.29, 1.82) is 0 Å². The Kier molecular flexibility index (Phi) is 4.48. The Morgan fingerprint density at radius 3 is 1.78 bits per heavy atom. The Labute approximate surface area is 56.4 Å². The van der Waals surface area contributed by atoms with Gasteiger partial charge in [0.05, 0.1) is 0 Å². The number of nitrogens with zero attached hydrogens (tertiary/aromatic N) is 1. The van der Waals surface area contributed by atoms with Crippen molar-refractivity contribution in [3.8, 4) is 0 Å². The first-order valence-corrected chi connectivity index (χ1v) is 1.78. The summed E-state index contributed by atoms with van der Waals surface area (Å²) in [5.41, 5.74) is 4.38. The Balaban J connectivity index is 0. The molecule has 2 N–H and O–H groups in total. The minimum Gasteiger partial charge on any atom is -0.380 e. The highest BCUT2D eigenvalue weighted by atomic mass is 35.5. The molecule has 0 rings (SSSR count). The zero-order chi connectivity index (χ0) is 6.78. The second-order valence-corrected chi connectivity index (χ2v) is 1.11. The summed E-state index contributed by atoms with van der Waals surface area (Å²) >= 11 is 0. The van der Waals surface area contributed by atoms with E-state index in [1.807, 2.05) is 0 Å². The van der Waals surface area contributed by atoms with Crippen molar-refractivity contribution in [3.05, 3.63) is 0 Å². The van der Waals surface area contributed by atoms with E-state index in [2.05, 4.69) is 10.7 Å². The normalized spacial score (nSPS) is 12.7. The van der Waals surface area contributed by atoms with Crippen LogP contribution in [0.2, 0.25) is 0 Å². The van der Waals surface area contributed by atoms with E-state index in [0.29, 0.717) is 0 Å². The maximum absolute atomic E-state index is 11.2. The first-order chi connectivity index (χ1) is 3.48. The summed E-state index contributed by atoms with van der Waals surface area (Å²) in [6.45, 7) is 0. The quantitative estimate of drug-likeness (QED) is 0.418. The summed E-state index contributed by atoms with van der Waals surface area (Å²) < 4.78 is 33.6. The molecular weight excluding hydrogens is 156 g/mol. The average Bonchev–Trinajstić information content (AvgIpc) is 1.62. The topological polar surface area (TPSA) is 38.4 Å². The van der Waals surface area contributed by atoms with Crippen molar-refractivity contribution >= 4 is 18.2 Å². The Hall–Kier alpha value is -0.450. The molecule has 0 aliphatic heterocycles. The van der Waals surface area contributed by atoms with E-state index in [1.165, 1.54) is 0 Å². The molecule has 0 atom stereocenters. The van der Waals surface area contributed by atoms with Gasteiger partial charge in [-0.25, -0.2) is 0 Å².